The number of ether oxygens (including phenoxy) is 1. The van der Waals surface area contributed by atoms with Gasteiger partial charge in [-0.05, 0) is 37.6 Å². The largest absolute Gasteiger partial charge is 0.492 e. The zero-order valence-electron chi connectivity index (χ0n) is 16.6. The van der Waals surface area contributed by atoms with Gasteiger partial charge in [-0.15, -0.1) is 11.3 Å². The molecule has 0 atom stereocenters. The Kier molecular flexibility index (Phi) is 8.72. The molecule has 2 N–H and O–H groups in total. The second kappa shape index (κ2) is 11.0. The molecule has 0 spiro atoms. The predicted molar refractivity (Wildman–Crippen MR) is 114 cm³/mol. The highest BCUT2D eigenvalue weighted by Gasteiger charge is 2.06. The molecule has 0 radical (unpaired) electrons. The van der Waals surface area contributed by atoms with E-state index in [1.165, 1.54) is 11.1 Å². The topological polar surface area (TPSA) is 92.7 Å². The lowest BCUT2D eigenvalue weighted by atomic mass is 10.3. The Hall–Kier alpha value is -2.13. The third-order valence-corrected chi connectivity index (χ3v) is 6.13. The Labute approximate surface area is 171 Å². The van der Waals surface area contributed by atoms with Crippen LogP contribution in [0, 0.1) is 0 Å². The van der Waals surface area contributed by atoms with Gasteiger partial charge >= 0.3 is 0 Å². The minimum Gasteiger partial charge on any atom is -0.492 e. The van der Waals surface area contributed by atoms with E-state index in [1.807, 2.05) is 13.1 Å². The third kappa shape index (κ3) is 7.47. The zero-order valence-corrected chi connectivity index (χ0v) is 18.2. The highest BCUT2D eigenvalue weighted by atomic mass is 32.2. The summed E-state index contributed by atoms with van der Waals surface area (Å²) in [6.45, 7) is 6.61. The fourth-order valence-electron chi connectivity index (χ4n) is 2.35. The van der Waals surface area contributed by atoms with E-state index in [0.717, 1.165) is 30.4 Å². The number of sulfone groups is 1. The second-order valence-electron chi connectivity index (χ2n) is 6.10. The summed E-state index contributed by atoms with van der Waals surface area (Å²) in [5.41, 5.74) is 0. The van der Waals surface area contributed by atoms with E-state index in [0.29, 0.717) is 25.4 Å². The van der Waals surface area contributed by atoms with Gasteiger partial charge in [0.2, 0.25) is 0 Å². The number of aliphatic imine (C=N–C) groups is 1. The molecule has 0 aliphatic carbocycles. The van der Waals surface area contributed by atoms with E-state index in [2.05, 4.69) is 27.5 Å². The molecule has 0 bridgehead atoms. The van der Waals surface area contributed by atoms with Gasteiger partial charge in [0.1, 0.15) is 12.4 Å². The molecule has 0 amide bonds. The molecule has 1 aromatic carbocycles. The summed E-state index contributed by atoms with van der Waals surface area (Å²) < 4.78 is 28.6. The highest BCUT2D eigenvalue weighted by molar-refractivity contribution is 7.90. The van der Waals surface area contributed by atoms with Crippen LogP contribution in [0.25, 0.3) is 0 Å². The number of rotatable bonds is 10. The van der Waals surface area contributed by atoms with Crippen molar-refractivity contribution in [2.24, 2.45) is 4.99 Å². The van der Waals surface area contributed by atoms with Crippen LogP contribution in [-0.2, 0) is 22.7 Å². The molecular weight excluding hydrogens is 396 g/mol. The molecule has 154 valence electrons. The number of hydrogen-bond acceptors (Lipinski definition) is 6. The summed E-state index contributed by atoms with van der Waals surface area (Å²) in [6, 6.07) is 6.42. The lowest BCUT2D eigenvalue weighted by molar-refractivity contribution is 0.321. The number of nitrogens with zero attached hydrogens (tertiary/aromatic N) is 2. The van der Waals surface area contributed by atoms with Crippen LogP contribution in [0.5, 0.6) is 5.75 Å². The van der Waals surface area contributed by atoms with Gasteiger partial charge in [-0.3, -0.25) is 4.99 Å². The van der Waals surface area contributed by atoms with Crippen LogP contribution in [0.15, 0.2) is 40.4 Å². The van der Waals surface area contributed by atoms with Crippen molar-refractivity contribution in [2.75, 3.05) is 32.5 Å². The monoisotopic (exact) mass is 424 g/mol. The normalized spacial score (nSPS) is 12.0. The first kappa shape index (κ1) is 22.2. The van der Waals surface area contributed by atoms with E-state index in [4.69, 9.17) is 4.74 Å². The molecule has 1 heterocycles. The van der Waals surface area contributed by atoms with E-state index >= 15 is 0 Å². The summed E-state index contributed by atoms with van der Waals surface area (Å²) >= 11 is 1.74. The summed E-state index contributed by atoms with van der Waals surface area (Å²) in [7, 11) is -3.19. The van der Waals surface area contributed by atoms with Gasteiger partial charge in [0.15, 0.2) is 15.8 Å². The molecular formula is C19H28N4O3S2. The van der Waals surface area contributed by atoms with Gasteiger partial charge in [0.25, 0.3) is 0 Å². The fourth-order valence-corrected chi connectivity index (χ4v) is 3.84. The SMILES string of the molecule is CCNC(=NCCc1ncc(CC)s1)NCCOc1ccc(S(C)(=O)=O)cc1. The summed E-state index contributed by atoms with van der Waals surface area (Å²) in [5.74, 6) is 1.37. The smallest absolute Gasteiger partial charge is 0.191 e. The zero-order chi connectivity index (χ0) is 20.4. The maximum atomic E-state index is 11.5. The van der Waals surface area contributed by atoms with Crippen LogP contribution in [0.3, 0.4) is 0 Å². The lowest BCUT2D eigenvalue weighted by Crippen LogP contribution is -2.39. The molecule has 0 unspecified atom stereocenters. The van der Waals surface area contributed by atoms with Crippen LogP contribution < -0.4 is 15.4 Å². The average molecular weight is 425 g/mol. The minimum atomic E-state index is -3.19. The molecule has 0 saturated carbocycles. The van der Waals surface area contributed by atoms with Crippen molar-refractivity contribution in [3.8, 4) is 5.75 Å². The van der Waals surface area contributed by atoms with Gasteiger partial charge in [-0.1, -0.05) is 6.92 Å². The van der Waals surface area contributed by atoms with Crippen LogP contribution in [0.1, 0.15) is 23.7 Å². The van der Waals surface area contributed by atoms with Crippen molar-refractivity contribution in [2.45, 2.75) is 31.6 Å². The van der Waals surface area contributed by atoms with Gasteiger partial charge in [0.05, 0.1) is 16.4 Å². The van der Waals surface area contributed by atoms with Crippen LogP contribution in [0.4, 0.5) is 0 Å². The maximum absolute atomic E-state index is 11.5. The van der Waals surface area contributed by atoms with E-state index < -0.39 is 9.84 Å². The number of aryl methyl sites for hydroxylation is 1. The van der Waals surface area contributed by atoms with Crippen molar-refractivity contribution in [3.63, 3.8) is 0 Å². The average Bonchev–Trinajstić information content (AvgIpc) is 3.13. The van der Waals surface area contributed by atoms with Gasteiger partial charge in [-0.2, -0.15) is 0 Å². The van der Waals surface area contributed by atoms with Crippen molar-refractivity contribution >= 4 is 27.1 Å². The van der Waals surface area contributed by atoms with E-state index in [-0.39, 0.29) is 4.90 Å². The number of hydrogen-bond donors (Lipinski definition) is 2. The number of aromatic nitrogens is 1. The predicted octanol–water partition coefficient (Wildman–Crippen LogP) is 2.29. The highest BCUT2D eigenvalue weighted by Crippen LogP contribution is 2.15. The fraction of sp³-hybridized carbons (Fsp3) is 0.474. The second-order valence-corrected chi connectivity index (χ2v) is 9.32. The Balaban J connectivity index is 1.76. The van der Waals surface area contributed by atoms with Gasteiger partial charge in [-0.25, -0.2) is 13.4 Å². The first-order valence-electron chi connectivity index (χ1n) is 9.31. The summed E-state index contributed by atoms with van der Waals surface area (Å²) in [4.78, 5) is 10.6. The van der Waals surface area contributed by atoms with E-state index in [9.17, 15) is 8.42 Å². The Morgan fingerprint density at radius 3 is 2.57 bits per heavy atom. The first-order chi connectivity index (χ1) is 13.4. The van der Waals surface area contributed by atoms with Crippen LogP contribution in [0.2, 0.25) is 0 Å². The molecule has 7 nitrogen and oxygen atoms in total. The van der Waals surface area contributed by atoms with Crippen molar-refractivity contribution in [3.05, 3.63) is 40.3 Å². The number of guanidine groups is 1. The minimum absolute atomic E-state index is 0.283. The lowest BCUT2D eigenvalue weighted by Gasteiger charge is -2.12. The van der Waals surface area contributed by atoms with Crippen molar-refractivity contribution in [1.82, 2.24) is 15.6 Å². The molecule has 2 aromatic rings. The number of thiazole rings is 1. The molecule has 1 aromatic heterocycles. The first-order valence-corrected chi connectivity index (χ1v) is 12.0. The molecule has 28 heavy (non-hydrogen) atoms. The molecule has 9 heteroatoms. The van der Waals surface area contributed by atoms with Gasteiger partial charge < -0.3 is 15.4 Å². The molecule has 0 saturated heterocycles. The molecule has 0 aliphatic heterocycles. The van der Waals surface area contributed by atoms with E-state index in [1.54, 1.807) is 35.6 Å². The third-order valence-electron chi connectivity index (χ3n) is 3.80. The summed E-state index contributed by atoms with van der Waals surface area (Å²) in [5, 5.41) is 7.55. The Morgan fingerprint density at radius 1 is 1.21 bits per heavy atom. The van der Waals surface area contributed by atoms with Crippen molar-refractivity contribution in [1.29, 1.82) is 0 Å². The molecule has 2 rings (SSSR count). The van der Waals surface area contributed by atoms with Gasteiger partial charge in [0, 0.05) is 36.8 Å². The molecule has 0 aliphatic rings. The number of benzene rings is 1. The molecule has 0 fully saturated rings. The Morgan fingerprint density at radius 2 is 1.96 bits per heavy atom. The number of nitrogens with one attached hydrogen (secondary N) is 2. The van der Waals surface area contributed by atoms with Crippen LogP contribution >= 0.6 is 11.3 Å². The quantitative estimate of drug-likeness (QED) is 0.345. The van der Waals surface area contributed by atoms with Crippen LogP contribution in [-0.4, -0.2) is 51.9 Å². The van der Waals surface area contributed by atoms with Crippen molar-refractivity contribution < 1.29 is 13.2 Å². The Bertz CT molecular complexity index is 862. The standard InChI is InChI=1S/C19H28N4O3S2/c1-4-16-14-23-18(27-16)10-11-21-19(20-5-2)22-12-13-26-15-6-8-17(9-7-15)28(3,24)25/h6-9,14H,4-5,10-13H2,1-3H3,(H2,20,21,22). The summed E-state index contributed by atoms with van der Waals surface area (Å²) in [6.07, 6.45) is 4.96. The maximum Gasteiger partial charge on any atom is 0.191 e.